The van der Waals surface area contributed by atoms with Crippen molar-refractivity contribution < 1.29 is 28.9 Å². The quantitative estimate of drug-likeness (QED) is 0.695. The van der Waals surface area contributed by atoms with Crippen LogP contribution in [-0.2, 0) is 19.1 Å². The average Bonchev–Trinajstić information content (AvgIpc) is 2.63. The Morgan fingerprint density at radius 3 is 2.00 bits per heavy atom. The lowest BCUT2D eigenvalue weighted by molar-refractivity contribution is -0.139. The number of halogens is 1. The Kier molecular flexibility index (Phi) is 6.96. The summed E-state index contributed by atoms with van der Waals surface area (Å²) in [6, 6.07) is 3.03. The van der Waals surface area contributed by atoms with E-state index in [9.17, 15) is 14.7 Å². The van der Waals surface area contributed by atoms with Crippen LogP contribution in [0.4, 0.5) is 0 Å². The van der Waals surface area contributed by atoms with Crippen molar-refractivity contribution in [2.45, 2.75) is 33.6 Å². The van der Waals surface area contributed by atoms with Gasteiger partial charge in [0.2, 0.25) is 0 Å². The van der Waals surface area contributed by atoms with E-state index < -0.39 is 17.9 Å². The van der Waals surface area contributed by atoms with Crippen LogP contribution in [0.1, 0.15) is 39.2 Å². The number of phenolic OH excluding ortho intramolecular Hbond substituents is 1. The summed E-state index contributed by atoms with van der Waals surface area (Å²) in [4.78, 5) is 25.4. The minimum absolute atomic E-state index is 0.0367. The number of carbonyl (C=O) groups is 2. The monoisotopic (exact) mass is 409 g/mol. The van der Waals surface area contributed by atoms with E-state index in [1.165, 1.54) is 19.2 Å². The number of nitrogens with one attached hydrogen (secondary N) is 1. The van der Waals surface area contributed by atoms with E-state index in [4.69, 9.17) is 25.8 Å². The number of aromatic hydroxyl groups is 1. The Hall–Kier alpha value is -2.67. The number of allylic oxidation sites excluding steroid dienone is 2. The molecule has 0 amide bonds. The third-order valence-corrected chi connectivity index (χ3v) is 4.64. The molecular formula is C20H24ClNO6. The molecule has 0 saturated heterocycles. The van der Waals surface area contributed by atoms with Gasteiger partial charge in [-0.1, -0.05) is 11.6 Å². The van der Waals surface area contributed by atoms with Crippen LogP contribution in [0.3, 0.4) is 0 Å². The smallest absolute Gasteiger partial charge is 0.336 e. The molecule has 2 rings (SSSR count). The number of hydrogen-bond donors (Lipinski definition) is 2. The van der Waals surface area contributed by atoms with Gasteiger partial charge in [-0.25, -0.2) is 9.59 Å². The van der Waals surface area contributed by atoms with Crippen LogP contribution in [0, 0.1) is 0 Å². The molecule has 7 nitrogen and oxygen atoms in total. The van der Waals surface area contributed by atoms with Crippen molar-refractivity contribution in [1.82, 2.24) is 5.32 Å². The van der Waals surface area contributed by atoms with Crippen molar-refractivity contribution in [1.29, 1.82) is 0 Å². The number of methoxy groups -OCH3 is 1. The molecule has 0 atom stereocenters. The van der Waals surface area contributed by atoms with Crippen LogP contribution >= 0.6 is 11.6 Å². The molecule has 0 unspecified atom stereocenters. The summed E-state index contributed by atoms with van der Waals surface area (Å²) >= 11 is 6.16. The second kappa shape index (κ2) is 9.01. The first kappa shape index (κ1) is 21.6. The number of rotatable bonds is 6. The molecule has 1 aliphatic rings. The van der Waals surface area contributed by atoms with Crippen molar-refractivity contribution in [3.63, 3.8) is 0 Å². The maximum Gasteiger partial charge on any atom is 0.336 e. The van der Waals surface area contributed by atoms with Gasteiger partial charge >= 0.3 is 11.9 Å². The third kappa shape index (κ3) is 4.09. The van der Waals surface area contributed by atoms with Gasteiger partial charge in [-0.2, -0.15) is 0 Å². The summed E-state index contributed by atoms with van der Waals surface area (Å²) in [5.74, 6) is -2.02. The molecule has 0 saturated carbocycles. The number of esters is 2. The number of carbonyl (C=O) groups excluding carboxylic acids is 2. The minimum Gasteiger partial charge on any atom is -0.503 e. The molecule has 1 heterocycles. The molecule has 8 heteroatoms. The summed E-state index contributed by atoms with van der Waals surface area (Å²) in [6.07, 6.45) is 0. The number of dihydropyridines is 1. The molecule has 0 spiro atoms. The summed E-state index contributed by atoms with van der Waals surface area (Å²) < 4.78 is 15.6. The molecule has 0 aromatic heterocycles. The van der Waals surface area contributed by atoms with Crippen LogP contribution < -0.4 is 10.1 Å². The predicted molar refractivity (Wildman–Crippen MR) is 104 cm³/mol. The molecule has 0 aliphatic carbocycles. The molecule has 1 aromatic rings. The Morgan fingerprint density at radius 1 is 1.07 bits per heavy atom. The zero-order valence-electron chi connectivity index (χ0n) is 16.5. The van der Waals surface area contributed by atoms with Crippen LogP contribution in [0.2, 0.25) is 5.02 Å². The summed E-state index contributed by atoms with van der Waals surface area (Å²) in [5.41, 5.74) is 2.12. The van der Waals surface area contributed by atoms with Gasteiger partial charge in [0, 0.05) is 11.4 Å². The fourth-order valence-electron chi connectivity index (χ4n) is 3.20. The van der Waals surface area contributed by atoms with Crippen LogP contribution in [0.25, 0.3) is 0 Å². The Balaban J connectivity index is 2.75. The molecule has 152 valence electrons. The molecule has 0 fully saturated rings. The van der Waals surface area contributed by atoms with Crippen molar-refractivity contribution in [3.8, 4) is 11.5 Å². The highest BCUT2D eigenvalue weighted by Crippen LogP contribution is 2.44. The maximum absolute atomic E-state index is 12.7. The number of phenols is 1. The fraction of sp³-hybridized carbons (Fsp3) is 0.400. The summed E-state index contributed by atoms with van der Waals surface area (Å²) in [5, 5.41) is 13.2. The molecule has 0 radical (unpaired) electrons. The maximum atomic E-state index is 12.7. The Bertz CT molecular complexity index is 818. The van der Waals surface area contributed by atoms with E-state index in [1.54, 1.807) is 27.7 Å². The lowest BCUT2D eigenvalue weighted by atomic mass is 9.80. The Labute approximate surface area is 168 Å². The molecule has 28 heavy (non-hydrogen) atoms. The van der Waals surface area contributed by atoms with Crippen molar-refractivity contribution in [3.05, 3.63) is 45.3 Å². The van der Waals surface area contributed by atoms with Gasteiger partial charge in [-0.3, -0.25) is 0 Å². The first-order chi connectivity index (χ1) is 13.3. The third-order valence-electron chi connectivity index (χ3n) is 4.36. The van der Waals surface area contributed by atoms with Crippen LogP contribution in [0.5, 0.6) is 11.5 Å². The number of ether oxygens (including phenoxy) is 3. The lowest BCUT2D eigenvalue weighted by Gasteiger charge is -2.30. The van der Waals surface area contributed by atoms with E-state index in [0.29, 0.717) is 17.0 Å². The Morgan fingerprint density at radius 2 is 1.57 bits per heavy atom. The first-order valence-electron chi connectivity index (χ1n) is 8.85. The molecule has 0 bridgehead atoms. The standard InChI is InChI=1S/C20H24ClNO6/c1-6-27-19(24)15-10(3)22-11(4)16(20(25)28-7-2)17(15)12-8-13(21)18(23)14(9-12)26-5/h8-9,17,22-23H,6-7H2,1-5H3. The lowest BCUT2D eigenvalue weighted by Crippen LogP contribution is -2.32. The SMILES string of the molecule is CCOC(=O)C1=C(C)NC(C)=C(C(=O)OCC)C1c1cc(Cl)c(O)c(OC)c1. The number of hydrogen-bond acceptors (Lipinski definition) is 7. The van der Waals surface area contributed by atoms with E-state index >= 15 is 0 Å². The van der Waals surface area contributed by atoms with E-state index in [2.05, 4.69) is 5.32 Å². The largest absolute Gasteiger partial charge is 0.503 e. The second-order valence-corrected chi connectivity index (χ2v) is 6.54. The molecular weight excluding hydrogens is 386 g/mol. The van der Waals surface area contributed by atoms with Gasteiger partial charge in [0.05, 0.1) is 42.4 Å². The van der Waals surface area contributed by atoms with Crippen LogP contribution in [0.15, 0.2) is 34.7 Å². The highest BCUT2D eigenvalue weighted by atomic mass is 35.5. The van der Waals surface area contributed by atoms with Gasteiger partial charge < -0.3 is 24.6 Å². The molecule has 2 N–H and O–H groups in total. The highest BCUT2D eigenvalue weighted by Gasteiger charge is 2.38. The van der Waals surface area contributed by atoms with Gasteiger partial charge in [0.1, 0.15) is 0 Å². The number of benzene rings is 1. The molecule has 1 aromatic carbocycles. The van der Waals surface area contributed by atoms with E-state index in [0.717, 1.165) is 0 Å². The topological polar surface area (TPSA) is 94.1 Å². The van der Waals surface area contributed by atoms with Gasteiger partial charge in [-0.05, 0) is 45.4 Å². The zero-order chi connectivity index (χ0) is 21.0. The summed E-state index contributed by atoms with van der Waals surface area (Å²) in [6.45, 7) is 7.21. The van der Waals surface area contributed by atoms with Gasteiger partial charge in [-0.15, -0.1) is 0 Å². The normalized spacial score (nSPS) is 14.6. The zero-order valence-corrected chi connectivity index (χ0v) is 17.3. The highest BCUT2D eigenvalue weighted by molar-refractivity contribution is 6.32. The van der Waals surface area contributed by atoms with Crippen molar-refractivity contribution in [2.75, 3.05) is 20.3 Å². The molecule has 1 aliphatic heterocycles. The van der Waals surface area contributed by atoms with Crippen LogP contribution in [-0.4, -0.2) is 37.4 Å². The van der Waals surface area contributed by atoms with E-state index in [1.807, 2.05) is 0 Å². The fourth-order valence-corrected chi connectivity index (χ4v) is 3.42. The van der Waals surface area contributed by atoms with Gasteiger partial charge in [0.25, 0.3) is 0 Å². The van der Waals surface area contributed by atoms with Crippen molar-refractivity contribution in [2.24, 2.45) is 0 Å². The average molecular weight is 410 g/mol. The predicted octanol–water partition coefficient (Wildman–Crippen LogP) is 3.42. The minimum atomic E-state index is -0.800. The first-order valence-corrected chi connectivity index (χ1v) is 9.23. The van der Waals surface area contributed by atoms with Gasteiger partial charge in [0.15, 0.2) is 11.5 Å². The second-order valence-electron chi connectivity index (χ2n) is 6.13. The summed E-state index contributed by atoms with van der Waals surface area (Å²) in [7, 11) is 1.39. The van der Waals surface area contributed by atoms with Crippen molar-refractivity contribution >= 4 is 23.5 Å². The van der Waals surface area contributed by atoms with E-state index in [-0.39, 0.29) is 40.9 Å².